The number of guanidine groups is 1. The SMILES string of the molecule is CN=C(NCCCN1CCN(c2ccccc2Cl)CC1)NCC1(CCO)CCOC1. The Hall–Kier alpha value is -1.54. The number of hydrogen-bond acceptors (Lipinski definition) is 5. The van der Waals surface area contributed by atoms with Crippen molar-refractivity contribution < 1.29 is 9.84 Å². The number of nitrogens with one attached hydrogen (secondary N) is 2. The highest BCUT2D eigenvalue weighted by Gasteiger charge is 2.34. The van der Waals surface area contributed by atoms with E-state index in [1.54, 1.807) is 7.05 Å². The minimum Gasteiger partial charge on any atom is -0.396 e. The zero-order chi connectivity index (χ0) is 21.2. The van der Waals surface area contributed by atoms with Gasteiger partial charge in [-0.05, 0) is 37.9 Å². The maximum Gasteiger partial charge on any atom is 0.190 e. The van der Waals surface area contributed by atoms with Crippen LogP contribution in [0.1, 0.15) is 19.3 Å². The molecule has 2 fully saturated rings. The molecule has 3 N–H and O–H groups in total. The van der Waals surface area contributed by atoms with Crippen molar-refractivity contribution in [1.29, 1.82) is 0 Å². The van der Waals surface area contributed by atoms with Crippen molar-refractivity contribution in [2.45, 2.75) is 19.3 Å². The van der Waals surface area contributed by atoms with E-state index < -0.39 is 0 Å². The average molecular weight is 438 g/mol. The van der Waals surface area contributed by atoms with Gasteiger partial charge in [0.25, 0.3) is 0 Å². The monoisotopic (exact) mass is 437 g/mol. The number of aliphatic imine (C=N–C) groups is 1. The number of benzene rings is 1. The van der Waals surface area contributed by atoms with Crippen molar-refractivity contribution in [2.24, 2.45) is 10.4 Å². The van der Waals surface area contributed by atoms with E-state index in [1.165, 1.54) is 0 Å². The summed E-state index contributed by atoms with van der Waals surface area (Å²) in [6.07, 6.45) is 2.81. The van der Waals surface area contributed by atoms with Crippen LogP contribution in [-0.4, -0.2) is 88.6 Å². The standard InChI is InChI=1S/C22H36ClN5O2/c1-24-21(26-17-22(7-15-29)8-16-30-18-22)25-9-4-10-27-11-13-28(14-12-27)20-6-3-2-5-19(20)23/h2-3,5-6,29H,4,7-18H2,1H3,(H2,24,25,26). The number of aliphatic hydroxyl groups excluding tert-OH is 1. The number of nitrogens with zero attached hydrogens (tertiary/aromatic N) is 3. The predicted octanol–water partition coefficient (Wildman–Crippen LogP) is 1.81. The predicted molar refractivity (Wildman–Crippen MR) is 124 cm³/mol. The van der Waals surface area contributed by atoms with E-state index in [0.29, 0.717) is 6.61 Å². The first-order valence-corrected chi connectivity index (χ1v) is 11.4. The molecule has 1 aromatic rings. The fourth-order valence-corrected chi connectivity index (χ4v) is 4.49. The summed E-state index contributed by atoms with van der Waals surface area (Å²) in [6.45, 7) is 8.54. The van der Waals surface area contributed by atoms with Crippen LogP contribution in [0.3, 0.4) is 0 Å². The first-order valence-electron chi connectivity index (χ1n) is 11.0. The summed E-state index contributed by atoms with van der Waals surface area (Å²) in [7, 11) is 1.80. The fourth-order valence-electron chi connectivity index (χ4n) is 4.23. The van der Waals surface area contributed by atoms with E-state index in [4.69, 9.17) is 16.3 Å². The molecule has 8 heteroatoms. The number of aliphatic hydroxyl groups is 1. The van der Waals surface area contributed by atoms with Crippen molar-refractivity contribution >= 4 is 23.2 Å². The Morgan fingerprint density at radius 2 is 2.03 bits per heavy atom. The second-order valence-electron chi connectivity index (χ2n) is 8.26. The van der Waals surface area contributed by atoms with Crippen LogP contribution in [0.15, 0.2) is 29.3 Å². The second kappa shape index (κ2) is 11.7. The van der Waals surface area contributed by atoms with Crippen LogP contribution in [-0.2, 0) is 4.74 Å². The van der Waals surface area contributed by atoms with Gasteiger partial charge in [0.15, 0.2) is 5.96 Å². The maximum absolute atomic E-state index is 9.36. The maximum atomic E-state index is 9.36. The van der Waals surface area contributed by atoms with E-state index in [2.05, 4.69) is 31.5 Å². The highest BCUT2D eigenvalue weighted by Crippen LogP contribution is 2.31. The molecular weight excluding hydrogens is 402 g/mol. The van der Waals surface area contributed by atoms with Crippen molar-refractivity contribution in [1.82, 2.24) is 15.5 Å². The molecule has 1 atom stereocenters. The Labute approximate surface area is 185 Å². The summed E-state index contributed by atoms with van der Waals surface area (Å²) in [5.41, 5.74) is 1.16. The summed E-state index contributed by atoms with van der Waals surface area (Å²) >= 11 is 6.33. The van der Waals surface area contributed by atoms with Gasteiger partial charge in [0.05, 0.1) is 17.3 Å². The lowest BCUT2D eigenvalue weighted by Crippen LogP contribution is -2.47. The summed E-state index contributed by atoms with van der Waals surface area (Å²) in [6, 6.07) is 8.08. The van der Waals surface area contributed by atoms with E-state index in [9.17, 15) is 5.11 Å². The Bertz CT molecular complexity index is 673. The number of rotatable bonds is 9. The van der Waals surface area contributed by atoms with Crippen molar-refractivity contribution in [3.05, 3.63) is 29.3 Å². The zero-order valence-corrected chi connectivity index (χ0v) is 18.8. The third kappa shape index (κ3) is 6.48. The smallest absolute Gasteiger partial charge is 0.190 e. The molecule has 0 amide bonds. The van der Waals surface area contributed by atoms with Gasteiger partial charge >= 0.3 is 0 Å². The van der Waals surface area contributed by atoms with Crippen LogP contribution in [0.25, 0.3) is 0 Å². The number of ether oxygens (including phenoxy) is 1. The molecule has 0 spiro atoms. The molecule has 2 heterocycles. The van der Waals surface area contributed by atoms with E-state index in [1.807, 2.05) is 18.2 Å². The van der Waals surface area contributed by atoms with Gasteiger partial charge in [-0.1, -0.05) is 23.7 Å². The number of hydrogen-bond donors (Lipinski definition) is 3. The Morgan fingerprint density at radius 1 is 1.23 bits per heavy atom. The summed E-state index contributed by atoms with van der Waals surface area (Å²) in [5, 5.41) is 17.0. The molecule has 2 saturated heterocycles. The van der Waals surface area contributed by atoms with E-state index in [-0.39, 0.29) is 12.0 Å². The van der Waals surface area contributed by atoms with Crippen LogP contribution in [0, 0.1) is 5.41 Å². The lowest BCUT2D eigenvalue weighted by Gasteiger charge is -2.36. The third-order valence-corrected chi connectivity index (χ3v) is 6.51. The molecule has 0 bridgehead atoms. The average Bonchev–Trinajstić information content (AvgIpc) is 3.23. The molecule has 1 unspecified atom stereocenters. The normalized spacial score (nSPS) is 23.0. The van der Waals surface area contributed by atoms with Gasteiger partial charge < -0.3 is 25.4 Å². The van der Waals surface area contributed by atoms with Gasteiger partial charge in [-0.2, -0.15) is 0 Å². The molecule has 2 aliphatic rings. The van der Waals surface area contributed by atoms with Crippen LogP contribution in [0.4, 0.5) is 5.69 Å². The zero-order valence-electron chi connectivity index (χ0n) is 18.1. The largest absolute Gasteiger partial charge is 0.396 e. The van der Waals surface area contributed by atoms with Crippen LogP contribution < -0.4 is 15.5 Å². The van der Waals surface area contributed by atoms with E-state index in [0.717, 1.165) is 88.4 Å². The molecule has 0 saturated carbocycles. The van der Waals surface area contributed by atoms with Gasteiger partial charge in [0.2, 0.25) is 0 Å². The highest BCUT2D eigenvalue weighted by atomic mass is 35.5. The van der Waals surface area contributed by atoms with Gasteiger partial charge in [-0.25, -0.2) is 0 Å². The third-order valence-electron chi connectivity index (χ3n) is 6.19. The Kier molecular flexibility index (Phi) is 9.05. The van der Waals surface area contributed by atoms with Crippen LogP contribution >= 0.6 is 11.6 Å². The van der Waals surface area contributed by atoms with Crippen LogP contribution in [0.2, 0.25) is 5.02 Å². The van der Waals surface area contributed by atoms with Gasteiger partial charge in [-0.15, -0.1) is 0 Å². The van der Waals surface area contributed by atoms with Crippen LogP contribution in [0.5, 0.6) is 0 Å². The summed E-state index contributed by atoms with van der Waals surface area (Å²) in [5.74, 6) is 0.822. The molecule has 0 aromatic heterocycles. The molecule has 1 aromatic carbocycles. The molecular formula is C22H36ClN5O2. The lowest BCUT2D eigenvalue weighted by molar-refractivity contribution is 0.127. The lowest BCUT2D eigenvalue weighted by atomic mass is 9.84. The number of para-hydroxylation sites is 1. The summed E-state index contributed by atoms with van der Waals surface area (Å²) in [4.78, 5) is 9.22. The first kappa shape index (κ1) is 23.1. The van der Waals surface area contributed by atoms with Gasteiger partial charge in [-0.3, -0.25) is 9.89 Å². The minimum atomic E-state index is 0.0215. The highest BCUT2D eigenvalue weighted by molar-refractivity contribution is 6.33. The van der Waals surface area contributed by atoms with Gasteiger partial charge in [0, 0.05) is 64.9 Å². The first-order chi connectivity index (χ1) is 14.7. The molecule has 0 aliphatic carbocycles. The number of piperazine rings is 1. The molecule has 30 heavy (non-hydrogen) atoms. The van der Waals surface area contributed by atoms with Gasteiger partial charge in [0.1, 0.15) is 0 Å². The number of anilines is 1. The second-order valence-corrected chi connectivity index (χ2v) is 8.67. The minimum absolute atomic E-state index is 0.0215. The topological polar surface area (TPSA) is 72.4 Å². The Balaban J connectivity index is 1.32. The molecule has 3 rings (SSSR count). The summed E-state index contributed by atoms with van der Waals surface area (Å²) < 4.78 is 5.56. The molecule has 7 nitrogen and oxygen atoms in total. The van der Waals surface area contributed by atoms with Crippen molar-refractivity contribution in [3.8, 4) is 0 Å². The van der Waals surface area contributed by atoms with Crippen molar-refractivity contribution in [2.75, 3.05) is 77.6 Å². The molecule has 2 aliphatic heterocycles. The molecule has 0 radical (unpaired) electrons. The number of halogens is 1. The Morgan fingerprint density at radius 3 is 2.70 bits per heavy atom. The fraction of sp³-hybridized carbons (Fsp3) is 0.682. The molecule has 168 valence electrons. The van der Waals surface area contributed by atoms with E-state index >= 15 is 0 Å². The van der Waals surface area contributed by atoms with Crippen molar-refractivity contribution in [3.63, 3.8) is 0 Å². The quantitative estimate of drug-likeness (QED) is 0.311.